The molecule has 0 saturated heterocycles. The predicted octanol–water partition coefficient (Wildman–Crippen LogP) is 0.323. The summed E-state index contributed by atoms with van der Waals surface area (Å²) in [5, 5.41) is 21.9. The van der Waals surface area contributed by atoms with E-state index in [1.807, 2.05) is 24.3 Å². The van der Waals surface area contributed by atoms with Crippen molar-refractivity contribution in [1.82, 2.24) is 45.6 Å². The van der Waals surface area contributed by atoms with Crippen LogP contribution in [0.1, 0.15) is 11.6 Å². The molecule has 10 nitrogen and oxygen atoms in total. The van der Waals surface area contributed by atoms with Crippen molar-refractivity contribution in [3.05, 3.63) is 42.1 Å². The van der Waals surface area contributed by atoms with E-state index in [2.05, 4.69) is 40.9 Å². The number of nitrogens with zero attached hydrogens (tertiary/aromatic N) is 8. The van der Waals surface area contributed by atoms with E-state index < -0.39 is 0 Å². The van der Waals surface area contributed by atoms with Crippen LogP contribution in [-0.2, 0) is 6.42 Å². The lowest BCUT2D eigenvalue weighted by molar-refractivity contribution is 0.414. The van der Waals surface area contributed by atoms with Gasteiger partial charge in [0, 0.05) is 0 Å². The van der Waals surface area contributed by atoms with Gasteiger partial charge in [-0.2, -0.15) is 9.90 Å². The number of hydrogen-bond acceptors (Lipinski definition) is 8. The summed E-state index contributed by atoms with van der Waals surface area (Å²) < 4.78 is 6.81. The van der Waals surface area contributed by atoms with E-state index in [9.17, 15) is 0 Å². The first-order valence-corrected chi connectivity index (χ1v) is 6.77. The van der Waals surface area contributed by atoms with Crippen LogP contribution in [0.25, 0.3) is 16.9 Å². The predicted molar refractivity (Wildman–Crippen MR) is 78.0 cm³/mol. The molecule has 0 saturated carbocycles. The zero-order chi connectivity index (χ0) is 15.6. The molecule has 4 rings (SSSR count). The maximum absolute atomic E-state index is 5.16. The van der Waals surface area contributed by atoms with Gasteiger partial charge in [0.05, 0.1) is 25.4 Å². The van der Waals surface area contributed by atoms with Crippen LogP contribution in [0, 0.1) is 0 Å². The van der Waals surface area contributed by atoms with Crippen LogP contribution in [0.2, 0.25) is 0 Å². The molecule has 0 amide bonds. The van der Waals surface area contributed by atoms with Crippen molar-refractivity contribution in [2.24, 2.45) is 0 Å². The molecule has 0 atom stereocenters. The number of nitrogens with one attached hydrogen (secondary N) is 1. The van der Waals surface area contributed by atoms with Gasteiger partial charge >= 0.3 is 0 Å². The molecule has 0 spiro atoms. The number of rotatable bonds is 4. The van der Waals surface area contributed by atoms with Crippen molar-refractivity contribution in [2.45, 2.75) is 6.42 Å². The zero-order valence-corrected chi connectivity index (χ0v) is 12.1. The minimum absolute atomic E-state index is 0.375. The first-order chi connectivity index (χ1) is 11.3. The minimum Gasteiger partial charge on any atom is -0.497 e. The van der Waals surface area contributed by atoms with Crippen molar-refractivity contribution in [1.29, 1.82) is 0 Å². The standard InChI is InChI=1S/C13H11N9O/c1-23-9-4-2-8(3-5-9)22-13-10(16-21-22)7-14-11(15-13)6-12-17-19-20-18-12/h2-5,7H,6H2,1H3,(H,17,18,19,20). The number of aromatic amines is 1. The van der Waals surface area contributed by atoms with Gasteiger partial charge in [0.15, 0.2) is 17.0 Å². The number of fused-ring (bicyclic) bond motifs is 1. The summed E-state index contributed by atoms with van der Waals surface area (Å²) in [6, 6.07) is 7.47. The lowest BCUT2D eigenvalue weighted by Crippen LogP contribution is -2.02. The van der Waals surface area contributed by atoms with E-state index in [-0.39, 0.29) is 0 Å². The lowest BCUT2D eigenvalue weighted by Gasteiger charge is -2.04. The largest absolute Gasteiger partial charge is 0.497 e. The summed E-state index contributed by atoms with van der Waals surface area (Å²) in [5.41, 5.74) is 2.05. The fourth-order valence-electron chi connectivity index (χ4n) is 2.14. The second-order valence-corrected chi connectivity index (χ2v) is 4.70. The molecular weight excluding hydrogens is 298 g/mol. The van der Waals surface area contributed by atoms with Crippen molar-refractivity contribution >= 4 is 11.2 Å². The second kappa shape index (κ2) is 5.40. The maximum Gasteiger partial charge on any atom is 0.187 e. The summed E-state index contributed by atoms with van der Waals surface area (Å²) in [6.45, 7) is 0. The van der Waals surface area contributed by atoms with E-state index in [4.69, 9.17) is 4.74 Å². The van der Waals surface area contributed by atoms with Gasteiger partial charge in [-0.25, -0.2) is 9.97 Å². The summed E-state index contributed by atoms with van der Waals surface area (Å²) in [5.74, 6) is 1.86. The third kappa shape index (κ3) is 2.46. The molecular formula is C13H11N9O. The highest BCUT2D eigenvalue weighted by Crippen LogP contribution is 2.17. The number of tetrazole rings is 1. The van der Waals surface area contributed by atoms with E-state index >= 15 is 0 Å². The Hall–Kier alpha value is -3.43. The van der Waals surface area contributed by atoms with Crippen LogP contribution in [0.5, 0.6) is 5.75 Å². The number of benzene rings is 1. The Morgan fingerprint density at radius 3 is 2.74 bits per heavy atom. The Balaban J connectivity index is 1.74. The van der Waals surface area contributed by atoms with Gasteiger partial charge in [0.2, 0.25) is 0 Å². The second-order valence-electron chi connectivity index (χ2n) is 4.70. The fourth-order valence-corrected chi connectivity index (χ4v) is 2.14. The molecule has 3 heterocycles. The van der Waals surface area contributed by atoms with E-state index in [0.29, 0.717) is 29.2 Å². The van der Waals surface area contributed by atoms with Crippen molar-refractivity contribution in [3.63, 3.8) is 0 Å². The third-order valence-corrected chi connectivity index (χ3v) is 3.26. The van der Waals surface area contributed by atoms with Crippen LogP contribution >= 0.6 is 0 Å². The van der Waals surface area contributed by atoms with Gasteiger partial charge in [0.25, 0.3) is 0 Å². The Kier molecular flexibility index (Phi) is 3.11. The highest BCUT2D eigenvalue weighted by Gasteiger charge is 2.11. The highest BCUT2D eigenvalue weighted by molar-refractivity contribution is 5.70. The number of H-pyrrole nitrogens is 1. The minimum atomic E-state index is 0.375. The molecule has 0 aliphatic carbocycles. The Bertz CT molecular complexity index is 930. The zero-order valence-electron chi connectivity index (χ0n) is 12.1. The molecule has 1 N–H and O–H groups in total. The maximum atomic E-state index is 5.16. The van der Waals surface area contributed by atoms with Gasteiger partial charge in [-0.05, 0) is 24.3 Å². The molecule has 0 fully saturated rings. The Morgan fingerprint density at radius 2 is 2.00 bits per heavy atom. The molecule has 114 valence electrons. The first-order valence-electron chi connectivity index (χ1n) is 6.77. The molecule has 23 heavy (non-hydrogen) atoms. The molecule has 0 aliphatic rings. The third-order valence-electron chi connectivity index (χ3n) is 3.26. The van der Waals surface area contributed by atoms with Gasteiger partial charge in [0.1, 0.15) is 11.6 Å². The Labute approximate surface area is 129 Å². The SMILES string of the molecule is COc1ccc(-n2nnc3cnc(Cc4nn[nH]n4)nc32)cc1. The van der Waals surface area contributed by atoms with E-state index in [0.717, 1.165) is 11.4 Å². The van der Waals surface area contributed by atoms with Gasteiger partial charge in [-0.15, -0.1) is 15.3 Å². The first kappa shape index (κ1) is 13.2. The molecule has 0 unspecified atom stereocenters. The quantitative estimate of drug-likeness (QED) is 0.572. The van der Waals surface area contributed by atoms with Crippen LogP contribution in [0.3, 0.4) is 0 Å². The monoisotopic (exact) mass is 309 g/mol. The molecule has 4 aromatic rings. The molecule has 0 aliphatic heterocycles. The highest BCUT2D eigenvalue weighted by atomic mass is 16.5. The summed E-state index contributed by atoms with van der Waals surface area (Å²) in [4.78, 5) is 8.75. The molecule has 1 aromatic carbocycles. The van der Waals surface area contributed by atoms with E-state index in [1.165, 1.54) is 0 Å². The van der Waals surface area contributed by atoms with Crippen LogP contribution < -0.4 is 4.74 Å². The molecule has 0 bridgehead atoms. The molecule has 3 aromatic heterocycles. The lowest BCUT2D eigenvalue weighted by atomic mass is 10.3. The Morgan fingerprint density at radius 1 is 1.13 bits per heavy atom. The number of ether oxygens (including phenoxy) is 1. The van der Waals surface area contributed by atoms with Crippen LogP contribution in [0.4, 0.5) is 0 Å². The van der Waals surface area contributed by atoms with Gasteiger partial charge in [-0.3, -0.25) is 0 Å². The van der Waals surface area contributed by atoms with Crippen molar-refractivity contribution in [3.8, 4) is 11.4 Å². The smallest absolute Gasteiger partial charge is 0.187 e. The molecule has 0 radical (unpaired) electrons. The van der Waals surface area contributed by atoms with E-state index in [1.54, 1.807) is 18.0 Å². The van der Waals surface area contributed by atoms with Crippen molar-refractivity contribution < 1.29 is 4.74 Å². The van der Waals surface area contributed by atoms with Crippen LogP contribution in [-0.4, -0.2) is 52.7 Å². The van der Waals surface area contributed by atoms with Crippen LogP contribution in [0.15, 0.2) is 30.5 Å². The van der Waals surface area contributed by atoms with Crippen molar-refractivity contribution in [2.75, 3.05) is 7.11 Å². The normalized spacial score (nSPS) is 11.0. The average Bonchev–Trinajstić information content (AvgIpc) is 3.24. The van der Waals surface area contributed by atoms with Gasteiger partial charge in [-0.1, -0.05) is 10.4 Å². The summed E-state index contributed by atoms with van der Waals surface area (Å²) in [7, 11) is 1.62. The number of aromatic nitrogens is 9. The summed E-state index contributed by atoms with van der Waals surface area (Å²) in [6.07, 6.45) is 2.00. The fraction of sp³-hybridized carbons (Fsp3) is 0.154. The molecule has 10 heteroatoms. The number of hydrogen-bond donors (Lipinski definition) is 1. The average molecular weight is 309 g/mol. The summed E-state index contributed by atoms with van der Waals surface area (Å²) >= 11 is 0. The topological polar surface area (TPSA) is 120 Å². The van der Waals surface area contributed by atoms with Gasteiger partial charge < -0.3 is 4.74 Å². The number of methoxy groups -OCH3 is 1.